The number of rotatable bonds is 2. The van der Waals surface area contributed by atoms with E-state index in [1.807, 2.05) is 0 Å². The molecule has 2 heteroatoms. The van der Waals surface area contributed by atoms with Crippen LogP contribution < -0.4 is 5.73 Å². The van der Waals surface area contributed by atoms with E-state index in [2.05, 4.69) is 39.5 Å². The average Bonchev–Trinajstić information content (AvgIpc) is 2.67. The molecule has 21 heavy (non-hydrogen) atoms. The van der Waals surface area contributed by atoms with Crippen LogP contribution in [0.1, 0.15) is 73.1 Å². The van der Waals surface area contributed by atoms with E-state index in [1.54, 1.807) is 0 Å². The second-order valence-electron chi connectivity index (χ2n) is 9.08. The molecule has 124 valence electrons. The molecule has 1 saturated heterocycles. The Morgan fingerprint density at radius 1 is 1.05 bits per heavy atom. The van der Waals surface area contributed by atoms with Gasteiger partial charge in [-0.1, -0.05) is 41.0 Å². The number of hydrogen-bond acceptors (Lipinski definition) is 2. The topological polar surface area (TPSA) is 29.3 Å². The molecule has 2 fully saturated rings. The lowest BCUT2D eigenvalue weighted by molar-refractivity contribution is -0.00328. The van der Waals surface area contributed by atoms with Crippen LogP contribution >= 0.6 is 0 Å². The molecule has 0 bridgehead atoms. The normalized spacial score (nSPS) is 40.0. The highest BCUT2D eigenvalue weighted by molar-refractivity contribution is 5.00. The molecule has 4 atom stereocenters. The van der Waals surface area contributed by atoms with Crippen molar-refractivity contribution in [1.29, 1.82) is 0 Å². The summed E-state index contributed by atoms with van der Waals surface area (Å²) >= 11 is 0. The van der Waals surface area contributed by atoms with Crippen molar-refractivity contribution in [2.24, 2.45) is 28.9 Å². The zero-order valence-corrected chi connectivity index (χ0v) is 15.1. The van der Waals surface area contributed by atoms with Crippen LogP contribution in [0.15, 0.2) is 0 Å². The molecular formula is C19H38N2. The summed E-state index contributed by atoms with van der Waals surface area (Å²) in [6.45, 7) is 15.5. The van der Waals surface area contributed by atoms with Crippen LogP contribution in [0.5, 0.6) is 0 Å². The quantitative estimate of drug-likeness (QED) is 0.823. The Kier molecular flexibility index (Phi) is 5.41. The summed E-state index contributed by atoms with van der Waals surface area (Å²) in [6, 6.07) is 0. The van der Waals surface area contributed by atoms with E-state index in [9.17, 15) is 0 Å². The third kappa shape index (κ3) is 3.64. The van der Waals surface area contributed by atoms with Gasteiger partial charge in [0, 0.05) is 12.1 Å². The Hall–Kier alpha value is -0.0800. The van der Waals surface area contributed by atoms with Crippen LogP contribution in [0.4, 0.5) is 0 Å². The summed E-state index contributed by atoms with van der Waals surface area (Å²) in [5.41, 5.74) is 7.09. The zero-order chi connectivity index (χ0) is 15.7. The van der Waals surface area contributed by atoms with Gasteiger partial charge < -0.3 is 5.73 Å². The number of hydrogen-bond donors (Lipinski definition) is 1. The molecule has 0 aromatic carbocycles. The molecule has 4 unspecified atom stereocenters. The number of likely N-dealkylation sites (tertiary alicyclic amines) is 1. The lowest BCUT2D eigenvalue weighted by atomic mass is 9.68. The van der Waals surface area contributed by atoms with Gasteiger partial charge in [0.25, 0.3) is 0 Å². The second kappa shape index (κ2) is 6.58. The van der Waals surface area contributed by atoms with Gasteiger partial charge >= 0.3 is 0 Å². The van der Waals surface area contributed by atoms with Gasteiger partial charge in [-0.05, 0) is 68.4 Å². The first-order valence-electron chi connectivity index (χ1n) is 9.24. The molecule has 2 aliphatic rings. The molecule has 2 rings (SSSR count). The van der Waals surface area contributed by atoms with E-state index in [4.69, 9.17) is 5.73 Å². The number of nitrogens with zero attached hydrogens (tertiary/aromatic N) is 1. The summed E-state index contributed by atoms with van der Waals surface area (Å²) in [5.74, 6) is 2.46. The van der Waals surface area contributed by atoms with Crippen molar-refractivity contribution >= 4 is 0 Å². The fraction of sp³-hybridized carbons (Fsp3) is 1.00. The minimum atomic E-state index is 0.282. The van der Waals surface area contributed by atoms with E-state index in [0.29, 0.717) is 5.41 Å². The van der Waals surface area contributed by atoms with Crippen LogP contribution in [-0.2, 0) is 0 Å². The minimum absolute atomic E-state index is 0.282. The molecular weight excluding hydrogens is 256 g/mol. The summed E-state index contributed by atoms with van der Waals surface area (Å²) < 4.78 is 0. The van der Waals surface area contributed by atoms with Crippen molar-refractivity contribution in [3.63, 3.8) is 0 Å². The van der Waals surface area contributed by atoms with Gasteiger partial charge in [-0.25, -0.2) is 0 Å². The van der Waals surface area contributed by atoms with Crippen LogP contribution in [0.2, 0.25) is 0 Å². The van der Waals surface area contributed by atoms with Crippen LogP contribution in [-0.4, -0.2) is 30.1 Å². The fourth-order valence-corrected chi connectivity index (χ4v) is 4.97. The zero-order valence-electron chi connectivity index (χ0n) is 15.1. The lowest BCUT2D eigenvalue weighted by Gasteiger charge is -2.52. The average molecular weight is 295 g/mol. The molecule has 2 N–H and O–H groups in total. The number of nitrogens with two attached hydrogens (primary N) is 1. The van der Waals surface area contributed by atoms with Crippen molar-refractivity contribution in [1.82, 2.24) is 4.90 Å². The minimum Gasteiger partial charge on any atom is -0.329 e. The predicted molar refractivity (Wildman–Crippen MR) is 92.3 cm³/mol. The van der Waals surface area contributed by atoms with Gasteiger partial charge in [-0.15, -0.1) is 0 Å². The largest absolute Gasteiger partial charge is 0.329 e. The highest BCUT2D eigenvalue weighted by Crippen LogP contribution is 2.43. The molecule has 0 aromatic rings. The van der Waals surface area contributed by atoms with E-state index in [0.717, 1.165) is 24.3 Å². The molecule has 1 aliphatic heterocycles. The highest BCUT2D eigenvalue weighted by Gasteiger charge is 2.44. The lowest BCUT2D eigenvalue weighted by Crippen LogP contribution is -2.60. The Morgan fingerprint density at radius 2 is 1.76 bits per heavy atom. The van der Waals surface area contributed by atoms with Crippen LogP contribution in [0.25, 0.3) is 0 Å². The maximum absolute atomic E-state index is 6.35. The molecule has 1 saturated carbocycles. The van der Waals surface area contributed by atoms with Crippen molar-refractivity contribution in [2.45, 2.75) is 78.7 Å². The van der Waals surface area contributed by atoms with E-state index >= 15 is 0 Å². The van der Waals surface area contributed by atoms with Crippen LogP contribution in [0, 0.1) is 23.2 Å². The van der Waals surface area contributed by atoms with Gasteiger partial charge in [-0.3, -0.25) is 4.90 Å². The summed E-state index contributed by atoms with van der Waals surface area (Å²) in [5, 5.41) is 0. The van der Waals surface area contributed by atoms with Crippen molar-refractivity contribution in [3.05, 3.63) is 0 Å². The summed E-state index contributed by atoms with van der Waals surface area (Å²) in [7, 11) is 0. The Balaban J connectivity index is 2.12. The first-order valence-corrected chi connectivity index (χ1v) is 9.24. The van der Waals surface area contributed by atoms with E-state index in [-0.39, 0.29) is 5.54 Å². The van der Waals surface area contributed by atoms with Crippen molar-refractivity contribution < 1.29 is 0 Å². The Bertz CT molecular complexity index is 333. The van der Waals surface area contributed by atoms with Gasteiger partial charge in [0.15, 0.2) is 0 Å². The molecule has 2 nitrogen and oxygen atoms in total. The summed E-state index contributed by atoms with van der Waals surface area (Å²) in [6.07, 6.45) is 8.16. The summed E-state index contributed by atoms with van der Waals surface area (Å²) in [4.78, 5) is 2.80. The van der Waals surface area contributed by atoms with Crippen LogP contribution in [0.3, 0.4) is 0 Å². The van der Waals surface area contributed by atoms with Gasteiger partial charge in [0.1, 0.15) is 0 Å². The van der Waals surface area contributed by atoms with Gasteiger partial charge in [-0.2, -0.15) is 0 Å². The third-order valence-corrected chi connectivity index (χ3v) is 6.65. The molecule has 0 radical (unpaired) electrons. The maximum Gasteiger partial charge on any atom is 0.0359 e. The predicted octanol–water partition coefficient (Wildman–Crippen LogP) is 4.29. The standard InChI is InChI=1S/C19H38N2/c1-15-8-9-16(2)19(13-15,14-20)21-11-6-7-17(10-12-21)18(3,4)5/h15-17H,6-14,20H2,1-5H3. The van der Waals surface area contributed by atoms with Crippen molar-refractivity contribution in [3.8, 4) is 0 Å². The maximum atomic E-state index is 6.35. The molecule has 0 spiro atoms. The van der Waals surface area contributed by atoms with E-state index in [1.165, 1.54) is 51.6 Å². The monoisotopic (exact) mass is 294 g/mol. The first kappa shape index (κ1) is 17.3. The molecule has 1 aliphatic carbocycles. The first-order chi connectivity index (χ1) is 9.79. The molecule has 0 amide bonds. The fourth-order valence-electron chi connectivity index (χ4n) is 4.97. The molecule has 0 aromatic heterocycles. The van der Waals surface area contributed by atoms with Gasteiger partial charge in [0.2, 0.25) is 0 Å². The highest BCUT2D eigenvalue weighted by atomic mass is 15.2. The smallest absolute Gasteiger partial charge is 0.0359 e. The Morgan fingerprint density at radius 3 is 2.38 bits per heavy atom. The second-order valence-corrected chi connectivity index (χ2v) is 9.08. The Labute approximate surface area is 132 Å². The van der Waals surface area contributed by atoms with Gasteiger partial charge in [0.05, 0.1) is 0 Å². The SMILES string of the molecule is CC1CCC(C)C(CN)(N2CCCC(C(C)(C)C)CC2)C1. The molecule has 1 heterocycles. The van der Waals surface area contributed by atoms with E-state index < -0.39 is 0 Å². The van der Waals surface area contributed by atoms with Crippen molar-refractivity contribution in [2.75, 3.05) is 19.6 Å². The third-order valence-electron chi connectivity index (χ3n) is 6.65.